The summed E-state index contributed by atoms with van der Waals surface area (Å²) < 4.78 is 0. The highest BCUT2D eigenvalue weighted by molar-refractivity contribution is 5.22. The average Bonchev–Trinajstić information content (AvgIpc) is 2.81. The normalized spacial score (nSPS) is 25.9. The first-order valence-electron chi connectivity index (χ1n) is 4.55. The molecule has 0 bridgehead atoms. The molecule has 1 heterocycles. The summed E-state index contributed by atoms with van der Waals surface area (Å²) in [6.45, 7) is 3.04. The third kappa shape index (κ3) is 2.15. The zero-order chi connectivity index (χ0) is 9.26. The number of nitrogens with one attached hydrogen (secondary N) is 1. The Labute approximate surface area is 77.6 Å². The molecule has 0 radical (unpaired) electrons. The van der Waals surface area contributed by atoms with E-state index in [0.29, 0.717) is 11.9 Å². The maximum atomic E-state index is 5.42. The van der Waals surface area contributed by atoms with Crippen molar-refractivity contribution in [2.24, 2.45) is 5.92 Å². The monoisotopic (exact) mass is 178 g/mol. The molecule has 1 aliphatic carbocycles. The summed E-state index contributed by atoms with van der Waals surface area (Å²) in [5.41, 5.74) is 6.38. The van der Waals surface area contributed by atoms with E-state index in [1.54, 1.807) is 12.4 Å². The molecule has 0 amide bonds. The van der Waals surface area contributed by atoms with Crippen LogP contribution in [0.1, 0.15) is 19.0 Å². The van der Waals surface area contributed by atoms with E-state index in [-0.39, 0.29) is 0 Å². The predicted molar refractivity (Wildman–Crippen MR) is 50.9 cm³/mol. The Hall–Kier alpha value is -1.16. The Morgan fingerprint density at radius 1 is 1.54 bits per heavy atom. The standard InChI is InChI=1S/C9H14N4/c1-6-2-8(6)12-3-7-4-13-9(10)5-11-7/h4-6,8,12H,2-3H2,1H3,(H2,10,13)/t6?,8-/m0/s1. The molecule has 13 heavy (non-hydrogen) atoms. The maximum Gasteiger partial charge on any atom is 0.141 e. The van der Waals surface area contributed by atoms with E-state index < -0.39 is 0 Å². The van der Waals surface area contributed by atoms with Gasteiger partial charge in [-0.15, -0.1) is 0 Å². The molecule has 1 fully saturated rings. The molecule has 3 N–H and O–H groups in total. The average molecular weight is 178 g/mol. The van der Waals surface area contributed by atoms with Gasteiger partial charge in [-0.2, -0.15) is 0 Å². The van der Waals surface area contributed by atoms with E-state index in [1.165, 1.54) is 6.42 Å². The third-order valence-corrected chi connectivity index (χ3v) is 2.38. The van der Waals surface area contributed by atoms with Crippen molar-refractivity contribution in [2.45, 2.75) is 25.9 Å². The second-order valence-corrected chi connectivity index (χ2v) is 3.63. The van der Waals surface area contributed by atoms with E-state index in [0.717, 1.165) is 18.2 Å². The first-order chi connectivity index (χ1) is 6.25. The summed E-state index contributed by atoms with van der Waals surface area (Å²) in [6, 6.07) is 0.680. The molecule has 0 aromatic carbocycles. The minimum atomic E-state index is 0.475. The second kappa shape index (κ2) is 3.30. The lowest BCUT2D eigenvalue weighted by Crippen LogP contribution is -2.18. The molecule has 1 saturated carbocycles. The molecule has 1 aromatic heterocycles. The summed E-state index contributed by atoms with van der Waals surface area (Å²) >= 11 is 0. The molecule has 2 rings (SSSR count). The van der Waals surface area contributed by atoms with Crippen LogP contribution in [0.25, 0.3) is 0 Å². The highest BCUT2D eigenvalue weighted by atomic mass is 15.0. The van der Waals surface area contributed by atoms with E-state index in [2.05, 4.69) is 22.2 Å². The lowest BCUT2D eigenvalue weighted by atomic mass is 10.4. The Bertz CT molecular complexity index is 282. The molecular weight excluding hydrogens is 164 g/mol. The summed E-state index contributed by atoms with van der Waals surface area (Å²) in [6.07, 6.45) is 4.59. The summed E-state index contributed by atoms with van der Waals surface area (Å²) in [4.78, 5) is 8.12. The van der Waals surface area contributed by atoms with Crippen LogP contribution in [-0.2, 0) is 6.54 Å². The molecule has 0 spiro atoms. The van der Waals surface area contributed by atoms with Crippen molar-refractivity contribution in [1.82, 2.24) is 15.3 Å². The number of nitrogens with zero attached hydrogens (tertiary/aromatic N) is 2. The number of aromatic nitrogens is 2. The zero-order valence-electron chi connectivity index (χ0n) is 7.70. The molecule has 0 saturated heterocycles. The largest absolute Gasteiger partial charge is 0.382 e. The SMILES string of the molecule is CC1C[C@@H]1NCc1cnc(N)cn1. The Morgan fingerprint density at radius 3 is 2.85 bits per heavy atom. The van der Waals surface area contributed by atoms with Gasteiger partial charge in [-0.25, -0.2) is 4.98 Å². The van der Waals surface area contributed by atoms with Gasteiger partial charge in [-0.3, -0.25) is 4.98 Å². The first kappa shape index (κ1) is 8.44. The van der Waals surface area contributed by atoms with Gasteiger partial charge in [0.1, 0.15) is 5.82 Å². The second-order valence-electron chi connectivity index (χ2n) is 3.63. The lowest BCUT2D eigenvalue weighted by molar-refractivity contribution is 0.640. The quantitative estimate of drug-likeness (QED) is 0.709. The molecule has 1 aliphatic rings. The van der Waals surface area contributed by atoms with Crippen LogP contribution in [0.5, 0.6) is 0 Å². The fraction of sp³-hybridized carbons (Fsp3) is 0.556. The molecule has 1 aromatic rings. The number of hydrogen-bond donors (Lipinski definition) is 2. The van der Waals surface area contributed by atoms with Gasteiger partial charge in [-0.1, -0.05) is 6.92 Å². The van der Waals surface area contributed by atoms with Crippen molar-refractivity contribution in [2.75, 3.05) is 5.73 Å². The minimum absolute atomic E-state index is 0.475. The van der Waals surface area contributed by atoms with Crippen LogP contribution in [0.2, 0.25) is 0 Å². The van der Waals surface area contributed by atoms with Gasteiger partial charge in [-0.05, 0) is 12.3 Å². The van der Waals surface area contributed by atoms with Crippen molar-refractivity contribution in [3.05, 3.63) is 18.1 Å². The first-order valence-corrected chi connectivity index (χ1v) is 4.55. The van der Waals surface area contributed by atoms with E-state index >= 15 is 0 Å². The topological polar surface area (TPSA) is 63.8 Å². The van der Waals surface area contributed by atoms with Gasteiger partial charge in [0.25, 0.3) is 0 Å². The number of nitrogens with two attached hydrogens (primary N) is 1. The van der Waals surface area contributed by atoms with E-state index in [4.69, 9.17) is 5.73 Å². The van der Waals surface area contributed by atoms with Crippen molar-refractivity contribution in [3.8, 4) is 0 Å². The van der Waals surface area contributed by atoms with Crippen molar-refractivity contribution >= 4 is 5.82 Å². The van der Waals surface area contributed by atoms with E-state index in [9.17, 15) is 0 Å². The van der Waals surface area contributed by atoms with Gasteiger partial charge < -0.3 is 11.1 Å². The Morgan fingerprint density at radius 2 is 2.31 bits per heavy atom. The molecule has 70 valence electrons. The number of hydrogen-bond acceptors (Lipinski definition) is 4. The van der Waals surface area contributed by atoms with Crippen LogP contribution in [-0.4, -0.2) is 16.0 Å². The van der Waals surface area contributed by atoms with Crippen molar-refractivity contribution in [1.29, 1.82) is 0 Å². The number of rotatable bonds is 3. The highest BCUT2D eigenvalue weighted by Crippen LogP contribution is 2.28. The zero-order valence-corrected chi connectivity index (χ0v) is 7.70. The lowest BCUT2D eigenvalue weighted by Gasteiger charge is -2.01. The predicted octanol–water partition coefficient (Wildman–Crippen LogP) is 0.557. The van der Waals surface area contributed by atoms with Crippen LogP contribution in [0.3, 0.4) is 0 Å². The molecule has 1 unspecified atom stereocenters. The van der Waals surface area contributed by atoms with Gasteiger partial charge in [0.2, 0.25) is 0 Å². The summed E-state index contributed by atoms with van der Waals surface area (Å²) in [5.74, 6) is 1.30. The highest BCUT2D eigenvalue weighted by Gasteiger charge is 2.31. The third-order valence-electron chi connectivity index (χ3n) is 2.38. The van der Waals surface area contributed by atoms with Crippen molar-refractivity contribution in [3.63, 3.8) is 0 Å². The van der Waals surface area contributed by atoms with Crippen LogP contribution < -0.4 is 11.1 Å². The summed E-state index contributed by atoms with van der Waals surface area (Å²) in [7, 11) is 0. The minimum Gasteiger partial charge on any atom is -0.382 e. The van der Waals surface area contributed by atoms with E-state index in [1.807, 2.05) is 0 Å². The number of nitrogen functional groups attached to an aromatic ring is 1. The molecule has 0 aliphatic heterocycles. The van der Waals surface area contributed by atoms with Gasteiger partial charge in [0.05, 0.1) is 18.1 Å². The van der Waals surface area contributed by atoms with Gasteiger partial charge in [0.15, 0.2) is 0 Å². The molecule has 4 heteroatoms. The number of anilines is 1. The fourth-order valence-electron chi connectivity index (χ4n) is 1.30. The fourth-order valence-corrected chi connectivity index (χ4v) is 1.30. The Balaban J connectivity index is 1.84. The Kier molecular flexibility index (Phi) is 2.14. The van der Waals surface area contributed by atoms with Gasteiger partial charge in [0, 0.05) is 12.6 Å². The van der Waals surface area contributed by atoms with Gasteiger partial charge >= 0.3 is 0 Å². The van der Waals surface area contributed by atoms with Crippen LogP contribution >= 0.6 is 0 Å². The van der Waals surface area contributed by atoms with Crippen LogP contribution in [0, 0.1) is 5.92 Å². The molecular formula is C9H14N4. The molecule has 2 atom stereocenters. The van der Waals surface area contributed by atoms with Crippen molar-refractivity contribution < 1.29 is 0 Å². The summed E-state index contributed by atoms with van der Waals surface area (Å²) in [5, 5.41) is 3.40. The molecule has 4 nitrogen and oxygen atoms in total. The smallest absolute Gasteiger partial charge is 0.141 e. The maximum absolute atomic E-state index is 5.42. The van der Waals surface area contributed by atoms with Crippen LogP contribution in [0.4, 0.5) is 5.82 Å². The van der Waals surface area contributed by atoms with Crippen LogP contribution in [0.15, 0.2) is 12.4 Å².